The highest BCUT2D eigenvalue weighted by Gasteiger charge is 2.08. The third-order valence-electron chi connectivity index (χ3n) is 3.41. The second-order valence-corrected chi connectivity index (χ2v) is 5.87. The number of nitrogens with one attached hydrogen (secondary N) is 1. The molecule has 0 aliphatic rings. The second-order valence-electron chi connectivity index (χ2n) is 5.43. The molecule has 0 aromatic heterocycles. The van der Waals surface area contributed by atoms with Crippen LogP contribution in [0, 0.1) is 13.8 Å². The van der Waals surface area contributed by atoms with Crippen LogP contribution in [-0.4, -0.2) is 19.1 Å². The number of rotatable bonds is 4. The van der Waals surface area contributed by atoms with Gasteiger partial charge in [0.2, 0.25) is 0 Å². The lowest BCUT2D eigenvalue weighted by Gasteiger charge is -2.18. The first-order valence-corrected chi connectivity index (χ1v) is 7.25. The first kappa shape index (κ1) is 15.3. The van der Waals surface area contributed by atoms with Crippen molar-refractivity contribution in [1.82, 2.24) is 0 Å². The summed E-state index contributed by atoms with van der Waals surface area (Å²) < 4.78 is 0. The maximum absolute atomic E-state index is 5.80. The third-order valence-corrected chi connectivity index (χ3v) is 3.63. The van der Waals surface area contributed by atoms with E-state index in [4.69, 9.17) is 18.0 Å². The van der Waals surface area contributed by atoms with Gasteiger partial charge in [-0.25, -0.2) is 0 Å². The number of aryl methyl sites for hydroxylation is 2. The predicted molar refractivity (Wildman–Crippen MR) is 95.9 cm³/mol. The first-order chi connectivity index (χ1) is 9.88. The van der Waals surface area contributed by atoms with Gasteiger partial charge in [0, 0.05) is 36.7 Å². The lowest BCUT2D eigenvalue weighted by Crippen LogP contribution is -2.13. The van der Waals surface area contributed by atoms with Crippen molar-refractivity contribution < 1.29 is 0 Å². The van der Waals surface area contributed by atoms with Crippen LogP contribution in [0.4, 0.5) is 17.1 Å². The molecule has 21 heavy (non-hydrogen) atoms. The fourth-order valence-corrected chi connectivity index (χ4v) is 2.48. The molecule has 0 spiro atoms. The predicted octanol–water partition coefficient (Wildman–Crippen LogP) is 3.75. The molecule has 0 amide bonds. The van der Waals surface area contributed by atoms with E-state index in [9.17, 15) is 0 Å². The van der Waals surface area contributed by atoms with Crippen molar-refractivity contribution >= 4 is 34.3 Å². The highest BCUT2D eigenvalue weighted by molar-refractivity contribution is 7.80. The molecule has 0 unspecified atom stereocenters. The molecule has 4 heteroatoms. The molecule has 0 radical (unpaired) electrons. The molecule has 110 valence electrons. The van der Waals surface area contributed by atoms with Crippen LogP contribution in [-0.2, 0) is 0 Å². The number of hydrogen-bond acceptors (Lipinski definition) is 3. The van der Waals surface area contributed by atoms with Gasteiger partial charge >= 0.3 is 0 Å². The Morgan fingerprint density at radius 1 is 1.10 bits per heavy atom. The van der Waals surface area contributed by atoms with Gasteiger partial charge in [-0.15, -0.1) is 0 Å². The van der Waals surface area contributed by atoms with Crippen LogP contribution in [0.5, 0.6) is 0 Å². The molecule has 0 atom stereocenters. The smallest absolute Gasteiger partial charge is 0.106 e. The molecule has 0 aliphatic carbocycles. The fraction of sp³-hybridized carbons (Fsp3) is 0.235. The van der Waals surface area contributed by atoms with Gasteiger partial charge in [-0.3, -0.25) is 0 Å². The molecule has 0 saturated carbocycles. The number of benzene rings is 2. The van der Waals surface area contributed by atoms with Gasteiger partial charge in [-0.05, 0) is 49.2 Å². The van der Waals surface area contributed by atoms with Gasteiger partial charge in [-0.2, -0.15) is 0 Å². The molecule has 0 heterocycles. The summed E-state index contributed by atoms with van der Waals surface area (Å²) in [6.07, 6.45) is 0. The maximum atomic E-state index is 5.80. The molecular formula is C17H21N3S. The SMILES string of the molecule is Cc1ccc(C(N)=S)c(Nc2ccc(C)c(N(C)C)c2)c1. The first-order valence-electron chi connectivity index (χ1n) is 6.84. The van der Waals surface area contributed by atoms with E-state index in [0.29, 0.717) is 4.99 Å². The Labute approximate surface area is 131 Å². The van der Waals surface area contributed by atoms with Crippen LogP contribution >= 0.6 is 12.2 Å². The summed E-state index contributed by atoms with van der Waals surface area (Å²) in [5.41, 5.74) is 12.2. The van der Waals surface area contributed by atoms with Crippen LogP contribution in [0.2, 0.25) is 0 Å². The minimum absolute atomic E-state index is 0.400. The lowest BCUT2D eigenvalue weighted by molar-refractivity contribution is 1.11. The normalized spacial score (nSPS) is 10.3. The minimum Gasteiger partial charge on any atom is -0.389 e. The molecule has 3 N–H and O–H groups in total. The molecule has 0 fully saturated rings. The molecule has 2 aromatic rings. The van der Waals surface area contributed by atoms with E-state index in [0.717, 1.165) is 22.5 Å². The number of anilines is 3. The van der Waals surface area contributed by atoms with Crippen LogP contribution in [0.1, 0.15) is 16.7 Å². The van der Waals surface area contributed by atoms with Gasteiger partial charge in [0.25, 0.3) is 0 Å². The van der Waals surface area contributed by atoms with Crippen molar-refractivity contribution in [3.63, 3.8) is 0 Å². The fourth-order valence-electron chi connectivity index (χ4n) is 2.30. The number of nitrogens with two attached hydrogens (primary N) is 1. The Hall–Kier alpha value is -2.07. The van der Waals surface area contributed by atoms with Crippen molar-refractivity contribution in [3.05, 3.63) is 53.1 Å². The quantitative estimate of drug-likeness (QED) is 0.844. The van der Waals surface area contributed by atoms with Crippen molar-refractivity contribution in [2.45, 2.75) is 13.8 Å². The van der Waals surface area contributed by atoms with Gasteiger partial charge in [0.1, 0.15) is 4.99 Å². The summed E-state index contributed by atoms with van der Waals surface area (Å²) in [7, 11) is 4.08. The van der Waals surface area contributed by atoms with Crippen molar-refractivity contribution in [3.8, 4) is 0 Å². The van der Waals surface area contributed by atoms with Crippen LogP contribution in [0.15, 0.2) is 36.4 Å². The van der Waals surface area contributed by atoms with Gasteiger partial charge < -0.3 is 16.0 Å². The Morgan fingerprint density at radius 3 is 2.43 bits per heavy atom. The third kappa shape index (κ3) is 3.52. The zero-order valence-electron chi connectivity index (χ0n) is 12.9. The lowest BCUT2D eigenvalue weighted by atomic mass is 10.1. The minimum atomic E-state index is 0.400. The summed E-state index contributed by atoms with van der Waals surface area (Å²) in [6.45, 7) is 4.15. The Kier molecular flexibility index (Phi) is 4.48. The van der Waals surface area contributed by atoms with Gasteiger partial charge in [0.05, 0.1) is 0 Å². The largest absolute Gasteiger partial charge is 0.389 e. The van der Waals surface area contributed by atoms with Gasteiger partial charge in [0.15, 0.2) is 0 Å². The van der Waals surface area contributed by atoms with E-state index in [1.807, 2.05) is 26.2 Å². The Bertz CT molecular complexity index is 678. The number of thiocarbonyl (C=S) groups is 1. The maximum Gasteiger partial charge on any atom is 0.106 e. The molecule has 0 saturated heterocycles. The average Bonchev–Trinajstić information content (AvgIpc) is 2.40. The van der Waals surface area contributed by atoms with Crippen molar-refractivity contribution in [2.75, 3.05) is 24.3 Å². The Balaban J connectivity index is 2.40. The molecule has 3 nitrogen and oxygen atoms in total. The molecule has 2 rings (SSSR count). The van der Waals surface area contributed by atoms with E-state index in [2.05, 4.69) is 48.3 Å². The van der Waals surface area contributed by atoms with E-state index in [1.165, 1.54) is 11.3 Å². The summed E-state index contributed by atoms with van der Waals surface area (Å²) in [5, 5.41) is 3.42. The zero-order chi connectivity index (χ0) is 15.6. The zero-order valence-corrected chi connectivity index (χ0v) is 13.7. The van der Waals surface area contributed by atoms with Crippen LogP contribution in [0.3, 0.4) is 0 Å². The molecular weight excluding hydrogens is 278 g/mol. The molecule has 0 aliphatic heterocycles. The summed E-state index contributed by atoms with van der Waals surface area (Å²) in [4.78, 5) is 2.50. The van der Waals surface area contributed by atoms with Gasteiger partial charge in [-0.1, -0.05) is 24.4 Å². The monoisotopic (exact) mass is 299 g/mol. The van der Waals surface area contributed by atoms with Crippen molar-refractivity contribution in [2.24, 2.45) is 5.73 Å². The van der Waals surface area contributed by atoms with Crippen molar-refractivity contribution in [1.29, 1.82) is 0 Å². The summed E-state index contributed by atoms with van der Waals surface area (Å²) in [5.74, 6) is 0. The van der Waals surface area contributed by atoms with E-state index in [1.54, 1.807) is 0 Å². The number of nitrogens with zero attached hydrogens (tertiary/aromatic N) is 1. The average molecular weight is 299 g/mol. The highest BCUT2D eigenvalue weighted by atomic mass is 32.1. The second kappa shape index (κ2) is 6.14. The summed E-state index contributed by atoms with van der Waals surface area (Å²) in [6, 6.07) is 12.3. The molecule has 0 bridgehead atoms. The van der Waals surface area contributed by atoms with E-state index >= 15 is 0 Å². The number of hydrogen-bond donors (Lipinski definition) is 2. The standard InChI is InChI=1S/C17H21N3S/c1-11-5-8-14(17(18)21)15(9-11)19-13-7-6-12(2)16(10-13)20(3)4/h5-10,19H,1-4H3,(H2,18,21). The van der Waals surface area contributed by atoms with Crippen LogP contribution < -0.4 is 16.0 Å². The Morgan fingerprint density at radius 2 is 1.81 bits per heavy atom. The summed E-state index contributed by atoms with van der Waals surface area (Å²) >= 11 is 5.13. The highest BCUT2D eigenvalue weighted by Crippen LogP contribution is 2.27. The van der Waals surface area contributed by atoms with E-state index < -0.39 is 0 Å². The molecule has 2 aromatic carbocycles. The van der Waals surface area contributed by atoms with E-state index in [-0.39, 0.29) is 0 Å². The van der Waals surface area contributed by atoms with Crippen LogP contribution in [0.25, 0.3) is 0 Å². The topological polar surface area (TPSA) is 41.3 Å².